The standard InChI is InChI=1S/C11H15Br2NO4S2/c1-11(2)6-14(4-7(5-15)18-11)20(16,17)8-3-9(12)19-10(8)13/h3,7,15H,4-6H2,1-2H3. The van der Waals surface area contributed by atoms with Crippen molar-refractivity contribution in [1.29, 1.82) is 0 Å². The summed E-state index contributed by atoms with van der Waals surface area (Å²) in [5.41, 5.74) is -0.627. The first-order valence-electron chi connectivity index (χ1n) is 5.89. The molecule has 2 rings (SSSR count). The van der Waals surface area contributed by atoms with Crippen molar-refractivity contribution < 1.29 is 18.3 Å². The maximum Gasteiger partial charge on any atom is 0.245 e. The molecular formula is C11H15Br2NO4S2. The molecule has 0 spiro atoms. The maximum atomic E-state index is 12.7. The molecule has 0 amide bonds. The zero-order valence-corrected chi connectivity index (χ0v) is 15.8. The van der Waals surface area contributed by atoms with E-state index in [9.17, 15) is 13.5 Å². The molecule has 0 saturated carbocycles. The van der Waals surface area contributed by atoms with Crippen LogP contribution in [0.15, 0.2) is 18.5 Å². The Kier molecular flexibility index (Phi) is 5.01. The largest absolute Gasteiger partial charge is 0.394 e. The molecule has 1 aromatic rings. The van der Waals surface area contributed by atoms with Gasteiger partial charge in [-0.25, -0.2) is 8.42 Å². The van der Waals surface area contributed by atoms with Gasteiger partial charge in [-0.1, -0.05) is 0 Å². The number of rotatable bonds is 3. The lowest BCUT2D eigenvalue weighted by atomic mass is 10.1. The van der Waals surface area contributed by atoms with E-state index in [4.69, 9.17) is 4.74 Å². The molecule has 1 fully saturated rings. The first-order chi connectivity index (χ1) is 9.15. The van der Waals surface area contributed by atoms with E-state index in [1.807, 2.05) is 13.8 Å². The fourth-order valence-electron chi connectivity index (χ4n) is 2.16. The lowest BCUT2D eigenvalue weighted by Gasteiger charge is -2.41. The van der Waals surface area contributed by atoms with Gasteiger partial charge >= 0.3 is 0 Å². The van der Waals surface area contributed by atoms with E-state index in [1.54, 1.807) is 6.07 Å². The molecule has 0 radical (unpaired) electrons. The molecule has 1 aliphatic rings. The highest BCUT2D eigenvalue weighted by molar-refractivity contribution is 9.12. The molecular weight excluding hydrogens is 434 g/mol. The van der Waals surface area contributed by atoms with Gasteiger partial charge in [0, 0.05) is 13.1 Å². The van der Waals surface area contributed by atoms with Gasteiger partial charge in [0.25, 0.3) is 0 Å². The third kappa shape index (κ3) is 3.45. The van der Waals surface area contributed by atoms with Crippen LogP contribution in [0.1, 0.15) is 13.8 Å². The first kappa shape index (κ1) is 16.9. The Bertz CT molecular complexity index is 600. The second-order valence-electron chi connectivity index (χ2n) is 5.17. The number of thiophene rings is 1. The SMILES string of the molecule is CC1(C)CN(S(=O)(=O)c2cc(Br)sc2Br)CC(CO)O1. The number of nitrogens with zero attached hydrogens (tertiary/aromatic N) is 1. The minimum Gasteiger partial charge on any atom is -0.394 e. The van der Waals surface area contributed by atoms with Gasteiger partial charge in [-0.2, -0.15) is 4.31 Å². The number of sulfonamides is 1. The predicted octanol–water partition coefficient (Wildman–Crippen LogP) is 2.43. The van der Waals surface area contributed by atoms with Crippen molar-refractivity contribution in [3.8, 4) is 0 Å². The highest BCUT2D eigenvalue weighted by Crippen LogP contribution is 2.37. The Balaban J connectivity index is 2.36. The Hall–Kier alpha value is 0.490. The molecule has 1 aliphatic heterocycles. The summed E-state index contributed by atoms with van der Waals surface area (Å²) in [6.07, 6.45) is -0.505. The van der Waals surface area contributed by atoms with Crippen molar-refractivity contribution >= 4 is 53.2 Å². The Morgan fingerprint density at radius 3 is 2.70 bits per heavy atom. The molecule has 0 aliphatic carbocycles. The van der Waals surface area contributed by atoms with E-state index in [1.165, 1.54) is 15.6 Å². The molecule has 1 unspecified atom stereocenters. The summed E-state index contributed by atoms with van der Waals surface area (Å²) in [4.78, 5) is 0.240. The molecule has 0 bridgehead atoms. The van der Waals surface area contributed by atoms with Crippen LogP contribution in [-0.2, 0) is 14.8 Å². The zero-order valence-electron chi connectivity index (χ0n) is 11.0. The number of aliphatic hydroxyl groups excluding tert-OH is 1. The van der Waals surface area contributed by atoms with Crippen LogP contribution in [0.2, 0.25) is 0 Å². The molecule has 0 aromatic carbocycles. The van der Waals surface area contributed by atoms with Crippen LogP contribution in [0.4, 0.5) is 0 Å². The van der Waals surface area contributed by atoms with Gasteiger partial charge in [0.1, 0.15) is 4.90 Å². The van der Waals surface area contributed by atoms with E-state index in [2.05, 4.69) is 31.9 Å². The Morgan fingerprint density at radius 2 is 2.20 bits per heavy atom. The van der Waals surface area contributed by atoms with Crippen molar-refractivity contribution in [2.75, 3.05) is 19.7 Å². The predicted molar refractivity (Wildman–Crippen MR) is 84.5 cm³/mol. The molecule has 5 nitrogen and oxygen atoms in total. The highest BCUT2D eigenvalue weighted by atomic mass is 79.9. The van der Waals surface area contributed by atoms with Crippen LogP contribution in [0.3, 0.4) is 0 Å². The summed E-state index contributed by atoms with van der Waals surface area (Å²) < 4.78 is 33.8. The molecule has 1 atom stereocenters. The lowest BCUT2D eigenvalue weighted by molar-refractivity contribution is -0.131. The summed E-state index contributed by atoms with van der Waals surface area (Å²) in [6, 6.07) is 1.58. The fourth-order valence-corrected chi connectivity index (χ4v) is 7.54. The molecule has 9 heteroatoms. The average Bonchev–Trinajstić information content (AvgIpc) is 2.67. The van der Waals surface area contributed by atoms with Gasteiger partial charge < -0.3 is 9.84 Å². The average molecular weight is 449 g/mol. The van der Waals surface area contributed by atoms with Crippen molar-refractivity contribution in [3.05, 3.63) is 13.6 Å². The van der Waals surface area contributed by atoms with Crippen molar-refractivity contribution in [1.82, 2.24) is 4.31 Å². The van der Waals surface area contributed by atoms with E-state index in [0.717, 1.165) is 3.79 Å². The van der Waals surface area contributed by atoms with Gasteiger partial charge in [-0.15, -0.1) is 11.3 Å². The zero-order chi connectivity index (χ0) is 15.1. The van der Waals surface area contributed by atoms with Crippen LogP contribution in [-0.4, -0.2) is 49.2 Å². The minimum atomic E-state index is -3.61. The summed E-state index contributed by atoms with van der Waals surface area (Å²) >= 11 is 7.88. The molecule has 1 saturated heterocycles. The van der Waals surface area contributed by atoms with Gasteiger partial charge in [-0.3, -0.25) is 0 Å². The monoisotopic (exact) mass is 447 g/mol. The first-order valence-corrected chi connectivity index (χ1v) is 9.73. The van der Waals surface area contributed by atoms with E-state index >= 15 is 0 Å². The Morgan fingerprint density at radius 1 is 1.55 bits per heavy atom. The van der Waals surface area contributed by atoms with E-state index in [0.29, 0.717) is 3.79 Å². The topological polar surface area (TPSA) is 66.8 Å². The smallest absolute Gasteiger partial charge is 0.245 e. The van der Waals surface area contributed by atoms with Crippen LogP contribution < -0.4 is 0 Å². The third-order valence-corrected chi connectivity index (χ3v) is 7.46. The molecule has 1 aromatic heterocycles. The van der Waals surface area contributed by atoms with Crippen LogP contribution in [0.5, 0.6) is 0 Å². The quantitative estimate of drug-likeness (QED) is 0.770. The Labute approximate surface area is 139 Å². The minimum absolute atomic E-state index is 0.155. The van der Waals surface area contributed by atoms with Gasteiger partial charge in [-0.05, 0) is 51.8 Å². The number of ether oxygens (including phenoxy) is 1. The second kappa shape index (κ2) is 5.94. The fraction of sp³-hybridized carbons (Fsp3) is 0.636. The van der Waals surface area contributed by atoms with Crippen molar-refractivity contribution in [3.63, 3.8) is 0 Å². The number of morpholine rings is 1. The van der Waals surface area contributed by atoms with Crippen LogP contribution in [0.25, 0.3) is 0 Å². The highest BCUT2D eigenvalue weighted by Gasteiger charge is 2.40. The summed E-state index contributed by atoms with van der Waals surface area (Å²) in [6.45, 7) is 3.84. The van der Waals surface area contributed by atoms with Gasteiger partial charge in [0.2, 0.25) is 10.0 Å². The summed E-state index contributed by atoms with van der Waals surface area (Å²) in [7, 11) is -3.61. The molecule has 2 heterocycles. The van der Waals surface area contributed by atoms with Crippen LogP contribution >= 0.6 is 43.2 Å². The number of hydrogen-bond donors (Lipinski definition) is 1. The van der Waals surface area contributed by atoms with Gasteiger partial charge in [0.05, 0.1) is 25.9 Å². The normalized spacial score (nSPS) is 23.9. The molecule has 1 N–H and O–H groups in total. The maximum absolute atomic E-state index is 12.7. The second-order valence-corrected chi connectivity index (χ2v) is 10.8. The number of aliphatic hydroxyl groups is 1. The third-order valence-electron chi connectivity index (χ3n) is 2.90. The van der Waals surface area contributed by atoms with E-state index in [-0.39, 0.29) is 24.6 Å². The number of halogens is 2. The van der Waals surface area contributed by atoms with Crippen molar-refractivity contribution in [2.45, 2.75) is 30.4 Å². The van der Waals surface area contributed by atoms with Gasteiger partial charge in [0.15, 0.2) is 0 Å². The lowest BCUT2D eigenvalue weighted by Crippen LogP contribution is -2.55. The summed E-state index contributed by atoms with van der Waals surface area (Å²) in [5, 5.41) is 9.27. The number of hydrogen-bond acceptors (Lipinski definition) is 5. The molecule has 20 heavy (non-hydrogen) atoms. The molecule has 114 valence electrons. The van der Waals surface area contributed by atoms with E-state index < -0.39 is 21.7 Å². The summed E-state index contributed by atoms with van der Waals surface area (Å²) in [5.74, 6) is 0. The van der Waals surface area contributed by atoms with Crippen molar-refractivity contribution in [2.24, 2.45) is 0 Å². The van der Waals surface area contributed by atoms with Crippen LogP contribution in [0, 0.1) is 0 Å².